The highest BCUT2D eigenvalue weighted by atomic mass is 32.1. The highest BCUT2D eigenvalue weighted by molar-refractivity contribution is 7.08. The first-order valence-corrected chi connectivity index (χ1v) is 11.3. The topological polar surface area (TPSA) is 122 Å². The molecule has 0 aliphatic rings. The van der Waals surface area contributed by atoms with Crippen molar-refractivity contribution in [2.24, 2.45) is 0 Å². The number of fused-ring (bicyclic) bond motifs is 1. The Kier molecular flexibility index (Phi) is 8.09. The Hall–Kier alpha value is -3.53. The quantitative estimate of drug-likeness (QED) is 0.337. The predicted octanol–water partition coefficient (Wildman–Crippen LogP) is 2.23. The fraction of sp³-hybridized carbons (Fsp3) is 0.318. The minimum Gasteiger partial charge on any atom is -0.351 e. The molecule has 3 rings (SSSR count). The van der Waals surface area contributed by atoms with Gasteiger partial charge in [-0.25, -0.2) is 4.68 Å². The number of nitrogens with one attached hydrogen (secondary N) is 3. The van der Waals surface area contributed by atoms with E-state index < -0.39 is 11.8 Å². The van der Waals surface area contributed by atoms with Crippen LogP contribution in [0.5, 0.6) is 0 Å². The molecule has 168 valence electrons. The molecule has 2 aromatic heterocycles. The van der Waals surface area contributed by atoms with E-state index in [1.807, 2.05) is 0 Å². The van der Waals surface area contributed by atoms with Gasteiger partial charge in [0.2, 0.25) is 5.91 Å². The third kappa shape index (κ3) is 5.79. The van der Waals surface area contributed by atoms with Crippen molar-refractivity contribution in [2.75, 3.05) is 6.54 Å². The lowest BCUT2D eigenvalue weighted by Gasteiger charge is -2.12. The number of aromatic nitrogens is 2. The number of amides is 3. The van der Waals surface area contributed by atoms with Crippen LogP contribution in [0, 0.1) is 0 Å². The molecule has 0 saturated heterocycles. The molecule has 0 unspecified atom stereocenters. The van der Waals surface area contributed by atoms with Crippen molar-refractivity contribution >= 4 is 39.8 Å². The van der Waals surface area contributed by atoms with Gasteiger partial charge in [-0.1, -0.05) is 38.0 Å². The largest absolute Gasteiger partial charge is 0.351 e. The van der Waals surface area contributed by atoms with Gasteiger partial charge in [-0.3, -0.25) is 30.0 Å². The lowest BCUT2D eigenvalue weighted by molar-refractivity contribution is -0.121. The Balaban J connectivity index is 1.62. The number of rotatable bonds is 9. The number of hydrogen-bond acceptors (Lipinski definition) is 6. The number of hydrazine groups is 1. The molecule has 0 fully saturated rings. The molecular formula is C22H25N5O4S. The average Bonchev–Trinajstić information content (AvgIpc) is 3.34. The number of benzene rings is 1. The van der Waals surface area contributed by atoms with Gasteiger partial charge in [-0.15, -0.1) is 0 Å². The van der Waals surface area contributed by atoms with Crippen molar-refractivity contribution in [3.63, 3.8) is 0 Å². The summed E-state index contributed by atoms with van der Waals surface area (Å²) in [4.78, 5) is 49.3. The summed E-state index contributed by atoms with van der Waals surface area (Å²) in [6.07, 6.45) is 2.70. The molecule has 0 aliphatic heterocycles. The van der Waals surface area contributed by atoms with Crippen molar-refractivity contribution in [1.82, 2.24) is 25.9 Å². The summed E-state index contributed by atoms with van der Waals surface area (Å²) in [5, 5.41) is 11.2. The van der Waals surface area contributed by atoms with Crippen LogP contribution in [0.4, 0.5) is 0 Å². The Morgan fingerprint density at radius 1 is 1.03 bits per heavy atom. The fourth-order valence-electron chi connectivity index (χ4n) is 3.10. The Labute approximate surface area is 188 Å². The van der Waals surface area contributed by atoms with Crippen molar-refractivity contribution in [2.45, 2.75) is 39.2 Å². The molecule has 10 heteroatoms. The second kappa shape index (κ2) is 11.2. The van der Waals surface area contributed by atoms with Crippen LogP contribution in [-0.2, 0) is 11.3 Å². The molecule has 3 aromatic rings. The van der Waals surface area contributed by atoms with Crippen LogP contribution >= 0.6 is 11.3 Å². The number of carbonyl (C=O) groups excluding carboxylic acids is 3. The van der Waals surface area contributed by atoms with Crippen molar-refractivity contribution in [3.8, 4) is 0 Å². The summed E-state index contributed by atoms with van der Waals surface area (Å²) in [5.41, 5.74) is 5.01. The van der Waals surface area contributed by atoms with Gasteiger partial charge >= 0.3 is 0 Å². The van der Waals surface area contributed by atoms with E-state index in [1.165, 1.54) is 16.0 Å². The smallest absolute Gasteiger partial charge is 0.290 e. The molecule has 32 heavy (non-hydrogen) atoms. The van der Waals surface area contributed by atoms with Crippen LogP contribution in [0.2, 0.25) is 0 Å². The monoisotopic (exact) mass is 455 g/mol. The van der Waals surface area contributed by atoms with Gasteiger partial charge in [-0.05, 0) is 23.9 Å². The summed E-state index contributed by atoms with van der Waals surface area (Å²) in [6, 6.07) is 8.45. The van der Waals surface area contributed by atoms with E-state index in [4.69, 9.17) is 0 Å². The molecule has 0 radical (unpaired) electrons. The molecule has 9 nitrogen and oxygen atoms in total. The highest BCUT2D eigenvalue weighted by Gasteiger charge is 2.17. The van der Waals surface area contributed by atoms with E-state index in [0.29, 0.717) is 22.9 Å². The maximum Gasteiger partial charge on any atom is 0.290 e. The zero-order valence-corrected chi connectivity index (χ0v) is 18.5. The van der Waals surface area contributed by atoms with Gasteiger partial charge in [-0.2, -0.15) is 16.4 Å². The molecular weight excluding hydrogens is 430 g/mol. The van der Waals surface area contributed by atoms with E-state index in [2.05, 4.69) is 28.2 Å². The number of nitrogens with zero attached hydrogens (tertiary/aromatic N) is 2. The minimum atomic E-state index is -0.624. The first-order chi connectivity index (χ1) is 15.5. The SMILES string of the molecule is CCCCCn1nc(C(=O)NNC(=O)CCNC(=O)c2ccsc2)c2ccccc2c1=O. The summed E-state index contributed by atoms with van der Waals surface area (Å²) >= 11 is 1.41. The predicted molar refractivity (Wildman–Crippen MR) is 122 cm³/mol. The fourth-order valence-corrected chi connectivity index (χ4v) is 3.74. The Bertz CT molecular complexity index is 1160. The molecule has 2 heterocycles. The van der Waals surface area contributed by atoms with Gasteiger partial charge in [0.25, 0.3) is 17.4 Å². The van der Waals surface area contributed by atoms with Crippen LogP contribution in [0.1, 0.15) is 53.5 Å². The summed E-state index contributed by atoms with van der Waals surface area (Å²) in [5.74, 6) is -1.35. The van der Waals surface area contributed by atoms with Crippen LogP contribution < -0.4 is 21.7 Å². The first kappa shape index (κ1) is 23.1. The normalized spacial score (nSPS) is 10.7. The van der Waals surface area contributed by atoms with Crippen molar-refractivity contribution < 1.29 is 14.4 Å². The number of aryl methyl sites for hydroxylation is 1. The zero-order chi connectivity index (χ0) is 22.9. The maximum atomic E-state index is 12.7. The van der Waals surface area contributed by atoms with E-state index in [9.17, 15) is 19.2 Å². The van der Waals surface area contributed by atoms with Crippen LogP contribution in [-0.4, -0.2) is 34.0 Å². The van der Waals surface area contributed by atoms with Crippen LogP contribution in [0.3, 0.4) is 0 Å². The molecule has 0 spiro atoms. The molecule has 3 N–H and O–H groups in total. The van der Waals surface area contributed by atoms with E-state index in [0.717, 1.165) is 19.3 Å². The van der Waals surface area contributed by atoms with Gasteiger partial charge < -0.3 is 5.32 Å². The molecule has 0 bridgehead atoms. The summed E-state index contributed by atoms with van der Waals surface area (Å²) < 4.78 is 1.30. The third-order valence-electron chi connectivity index (χ3n) is 4.79. The molecule has 3 amide bonds. The van der Waals surface area contributed by atoms with E-state index in [-0.39, 0.29) is 30.1 Å². The molecule has 0 aliphatic carbocycles. The third-order valence-corrected chi connectivity index (χ3v) is 5.48. The van der Waals surface area contributed by atoms with Crippen LogP contribution in [0.15, 0.2) is 45.9 Å². The van der Waals surface area contributed by atoms with Gasteiger partial charge in [0, 0.05) is 35.8 Å². The molecule has 0 saturated carbocycles. The molecule has 1 aromatic carbocycles. The van der Waals surface area contributed by atoms with Crippen molar-refractivity contribution in [1.29, 1.82) is 0 Å². The first-order valence-electron chi connectivity index (χ1n) is 10.4. The number of carbonyl (C=O) groups is 3. The maximum absolute atomic E-state index is 12.7. The van der Waals surface area contributed by atoms with Gasteiger partial charge in [0.15, 0.2) is 5.69 Å². The Morgan fingerprint density at radius 3 is 2.53 bits per heavy atom. The Morgan fingerprint density at radius 2 is 1.81 bits per heavy atom. The number of thiophene rings is 1. The van der Waals surface area contributed by atoms with Gasteiger partial charge in [0.1, 0.15) is 0 Å². The van der Waals surface area contributed by atoms with E-state index in [1.54, 1.807) is 41.1 Å². The summed E-state index contributed by atoms with van der Waals surface area (Å²) in [7, 11) is 0. The van der Waals surface area contributed by atoms with Crippen molar-refractivity contribution in [3.05, 3.63) is 62.7 Å². The highest BCUT2D eigenvalue weighted by Crippen LogP contribution is 2.13. The molecule has 0 atom stereocenters. The standard InChI is InChI=1S/C22H25N5O4S/c1-2-3-6-12-27-22(31)17-8-5-4-7-16(17)19(26-27)21(30)25-24-18(28)9-11-23-20(29)15-10-13-32-14-15/h4-5,7-8,10,13-14H,2-3,6,9,11-12H2,1H3,(H,23,29)(H,24,28)(H,25,30). The minimum absolute atomic E-state index is 0.0130. The number of hydrogen-bond donors (Lipinski definition) is 3. The second-order valence-electron chi connectivity index (χ2n) is 7.15. The summed E-state index contributed by atoms with van der Waals surface area (Å²) in [6.45, 7) is 2.60. The lowest BCUT2D eigenvalue weighted by atomic mass is 10.1. The van der Waals surface area contributed by atoms with Gasteiger partial charge in [0.05, 0.1) is 5.39 Å². The van der Waals surface area contributed by atoms with E-state index >= 15 is 0 Å². The lowest BCUT2D eigenvalue weighted by Crippen LogP contribution is -2.43. The number of unbranched alkanes of at least 4 members (excludes halogenated alkanes) is 2. The second-order valence-corrected chi connectivity index (χ2v) is 7.93. The van der Waals surface area contributed by atoms with Crippen LogP contribution in [0.25, 0.3) is 10.8 Å². The average molecular weight is 456 g/mol. The zero-order valence-electron chi connectivity index (χ0n) is 17.7.